The molecule has 1 N–H and O–H groups in total. The molecule has 0 fully saturated rings. The maximum absolute atomic E-state index is 13.7. The van der Waals surface area contributed by atoms with E-state index < -0.39 is 22.5 Å². The van der Waals surface area contributed by atoms with Gasteiger partial charge >= 0.3 is 0 Å². The highest BCUT2D eigenvalue weighted by Gasteiger charge is 2.28. The van der Waals surface area contributed by atoms with Crippen LogP contribution >= 0.6 is 11.3 Å². The van der Waals surface area contributed by atoms with Crippen LogP contribution in [-0.4, -0.2) is 47.4 Å². The molecule has 0 spiro atoms. The van der Waals surface area contributed by atoms with Gasteiger partial charge in [-0.1, -0.05) is 6.07 Å². The van der Waals surface area contributed by atoms with Crippen LogP contribution in [0.2, 0.25) is 0 Å². The Balaban J connectivity index is 1.94. The maximum Gasteiger partial charge on any atom is 0.264 e. The Kier molecular flexibility index (Phi) is 8.72. The molecule has 0 aliphatic rings. The zero-order chi connectivity index (χ0) is 25.4. The summed E-state index contributed by atoms with van der Waals surface area (Å²) in [6, 6.07) is 14.5. The third kappa shape index (κ3) is 6.31. The molecule has 1 aromatic heterocycles. The quantitative estimate of drug-likeness (QED) is 0.305. The van der Waals surface area contributed by atoms with Crippen molar-refractivity contribution in [2.45, 2.75) is 18.7 Å². The van der Waals surface area contributed by atoms with Gasteiger partial charge in [-0.25, -0.2) is 13.8 Å². The molecule has 35 heavy (non-hydrogen) atoms. The molecule has 9 nitrogen and oxygen atoms in total. The van der Waals surface area contributed by atoms with Gasteiger partial charge in [-0.05, 0) is 61.7 Å². The van der Waals surface area contributed by atoms with E-state index in [0.717, 1.165) is 9.18 Å². The van der Waals surface area contributed by atoms with E-state index in [0.29, 0.717) is 23.8 Å². The molecule has 1 amide bonds. The molecule has 3 rings (SSSR count). The molecule has 0 bridgehead atoms. The van der Waals surface area contributed by atoms with Gasteiger partial charge in [0.1, 0.15) is 12.3 Å². The number of carbonyl (C=O) groups is 1. The van der Waals surface area contributed by atoms with Crippen molar-refractivity contribution in [1.29, 1.82) is 0 Å². The van der Waals surface area contributed by atoms with Crippen LogP contribution in [0.4, 0.5) is 5.69 Å². The Morgan fingerprint density at radius 3 is 2.37 bits per heavy atom. The lowest BCUT2D eigenvalue weighted by Gasteiger charge is -2.24. The molecule has 3 aromatic rings. The molecule has 2 aromatic carbocycles. The van der Waals surface area contributed by atoms with Gasteiger partial charge in [0, 0.05) is 10.9 Å². The van der Waals surface area contributed by atoms with Gasteiger partial charge in [0.15, 0.2) is 11.5 Å². The lowest BCUT2D eigenvalue weighted by Crippen LogP contribution is -2.39. The number of amides is 1. The van der Waals surface area contributed by atoms with E-state index in [4.69, 9.17) is 14.2 Å². The Hall–Kier alpha value is -3.57. The van der Waals surface area contributed by atoms with Gasteiger partial charge < -0.3 is 14.2 Å². The first-order valence-electron chi connectivity index (χ1n) is 10.6. The second-order valence-electron chi connectivity index (χ2n) is 7.16. The molecular weight excluding hydrogens is 490 g/mol. The predicted octanol–water partition coefficient (Wildman–Crippen LogP) is 3.90. The van der Waals surface area contributed by atoms with Crippen molar-refractivity contribution in [3.8, 4) is 17.2 Å². The van der Waals surface area contributed by atoms with E-state index in [9.17, 15) is 13.2 Å². The summed E-state index contributed by atoms with van der Waals surface area (Å²) in [5.74, 6) is 0.621. The van der Waals surface area contributed by atoms with Crippen LogP contribution in [0.25, 0.3) is 0 Å². The van der Waals surface area contributed by atoms with Gasteiger partial charge in [-0.2, -0.15) is 5.10 Å². The zero-order valence-corrected chi connectivity index (χ0v) is 21.5. The average molecular weight is 518 g/mol. The zero-order valence-electron chi connectivity index (χ0n) is 19.8. The van der Waals surface area contributed by atoms with Crippen LogP contribution in [0.5, 0.6) is 17.2 Å². The molecule has 0 saturated carbocycles. The summed E-state index contributed by atoms with van der Waals surface area (Å²) in [6.07, 6.45) is 0. The van der Waals surface area contributed by atoms with E-state index in [2.05, 4.69) is 10.5 Å². The lowest BCUT2D eigenvalue weighted by molar-refractivity contribution is -0.119. The highest BCUT2D eigenvalue weighted by atomic mass is 32.2. The minimum atomic E-state index is -4.16. The molecule has 11 heteroatoms. The summed E-state index contributed by atoms with van der Waals surface area (Å²) in [5, 5.41) is 6.01. The summed E-state index contributed by atoms with van der Waals surface area (Å²) < 4.78 is 44.2. The number of hydrogen-bond acceptors (Lipinski definition) is 8. The van der Waals surface area contributed by atoms with Crippen LogP contribution in [0, 0.1) is 0 Å². The smallest absolute Gasteiger partial charge is 0.264 e. The molecule has 0 aliphatic carbocycles. The summed E-state index contributed by atoms with van der Waals surface area (Å²) in [4.78, 5) is 13.6. The standard InChI is InChI=1S/C24H27N3O6S2/c1-5-33-19-10-8-18(9-11-19)27(16-24(28)26-25-17(2)23-7-6-14-34-23)35(29,30)20-12-13-21(31-3)22(15-20)32-4/h6-15H,5,16H2,1-4H3,(H,26,28)/b25-17-. The number of hydrogen-bond donors (Lipinski definition) is 1. The molecule has 0 saturated heterocycles. The molecule has 0 aliphatic heterocycles. The number of anilines is 1. The van der Waals surface area contributed by atoms with Crippen molar-refractivity contribution in [1.82, 2.24) is 5.43 Å². The highest BCUT2D eigenvalue weighted by molar-refractivity contribution is 7.92. The van der Waals surface area contributed by atoms with E-state index in [1.807, 2.05) is 24.4 Å². The molecule has 1 heterocycles. The largest absolute Gasteiger partial charge is 0.494 e. The Morgan fingerprint density at radius 2 is 1.77 bits per heavy atom. The SMILES string of the molecule is CCOc1ccc(N(CC(=O)N/N=C(/C)c2cccs2)S(=O)(=O)c2ccc(OC)c(OC)c2)cc1. The fourth-order valence-corrected chi connectivity index (χ4v) is 5.26. The van der Waals surface area contributed by atoms with Crippen molar-refractivity contribution in [2.75, 3.05) is 31.7 Å². The first kappa shape index (κ1) is 26.0. The van der Waals surface area contributed by atoms with E-state index >= 15 is 0 Å². The monoisotopic (exact) mass is 517 g/mol. The lowest BCUT2D eigenvalue weighted by atomic mass is 10.3. The second kappa shape index (κ2) is 11.7. The van der Waals surface area contributed by atoms with Crippen molar-refractivity contribution in [2.24, 2.45) is 5.10 Å². The number of ether oxygens (including phenoxy) is 3. The summed E-state index contributed by atoms with van der Waals surface area (Å²) in [6.45, 7) is 3.59. The fraction of sp³-hybridized carbons (Fsp3) is 0.250. The van der Waals surface area contributed by atoms with Crippen LogP contribution < -0.4 is 23.9 Å². The maximum atomic E-state index is 13.7. The average Bonchev–Trinajstić information content (AvgIpc) is 3.41. The van der Waals surface area contributed by atoms with Gasteiger partial charge in [0.25, 0.3) is 15.9 Å². The third-order valence-corrected chi connectivity index (χ3v) is 7.64. The van der Waals surface area contributed by atoms with Crippen molar-refractivity contribution in [3.63, 3.8) is 0 Å². The van der Waals surface area contributed by atoms with E-state index in [1.54, 1.807) is 31.2 Å². The van der Waals surface area contributed by atoms with Crippen molar-refractivity contribution >= 4 is 38.7 Å². The summed E-state index contributed by atoms with van der Waals surface area (Å²) >= 11 is 1.48. The third-order valence-electron chi connectivity index (χ3n) is 4.89. The van der Waals surface area contributed by atoms with Crippen molar-refractivity contribution in [3.05, 3.63) is 64.9 Å². The van der Waals surface area contributed by atoms with Gasteiger partial charge in [0.2, 0.25) is 0 Å². The van der Waals surface area contributed by atoms with Crippen molar-refractivity contribution < 1.29 is 27.4 Å². The number of sulfonamides is 1. The Bertz CT molecular complexity index is 1270. The first-order chi connectivity index (χ1) is 16.8. The topological polar surface area (TPSA) is 107 Å². The van der Waals surface area contributed by atoms with Crippen LogP contribution in [0.1, 0.15) is 18.7 Å². The minimum Gasteiger partial charge on any atom is -0.494 e. The normalized spacial score (nSPS) is 11.6. The number of rotatable bonds is 11. The number of benzene rings is 2. The van der Waals surface area contributed by atoms with Gasteiger partial charge in [-0.3, -0.25) is 9.10 Å². The van der Waals surface area contributed by atoms with E-state index in [1.165, 1.54) is 43.8 Å². The number of methoxy groups -OCH3 is 2. The minimum absolute atomic E-state index is 0.0601. The number of carbonyl (C=O) groups excluding carboxylic acids is 1. The van der Waals surface area contributed by atoms with Crippen LogP contribution in [0.15, 0.2) is 70.0 Å². The Morgan fingerprint density at radius 1 is 1.06 bits per heavy atom. The first-order valence-corrected chi connectivity index (χ1v) is 13.0. The second-order valence-corrected chi connectivity index (χ2v) is 9.97. The number of nitrogens with zero attached hydrogens (tertiary/aromatic N) is 2. The summed E-state index contributed by atoms with van der Waals surface area (Å²) in [7, 11) is -1.29. The number of nitrogens with one attached hydrogen (secondary N) is 1. The molecule has 0 radical (unpaired) electrons. The van der Waals surface area contributed by atoms with Gasteiger partial charge in [0.05, 0.1) is 37.1 Å². The highest BCUT2D eigenvalue weighted by Crippen LogP contribution is 2.32. The Labute approximate surface area is 209 Å². The summed E-state index contributed by atoms with van der Waals surface area (Å²) in [5.41, 5.74) is 3.35. The molecule has 0 unspecified atom stereocenters. The molecular formula is C24H27N3O6S2. The van der Waals surface area contributed by atoms with E-state index in [-0.39, 0.29) is 16.3 Å². The predicted molar refractivity (Wildman–Crippen MR) is 136 cm³/mol. The molecule has 186 valence electrons. The van der Waals surface area contributed by atoms with Crippen LogP contribution in [-0.2, 0) is 14.8 Å². The van der Waals surface area contributed by atoms with Crippen LogP contribution in [0.3, 0.4) is 0 Å². The number of thiophene rings is 1. The van der Waals surface area contributed by atoms with Gasteiger partial charge in [-0.15, -0.1) is 11.3 Å². The number of hydrazone groups is 1. The molecule has 0 atom stereocenters. The fourth-order valence-electron chi connectivity index (χ4n) is 3.15.